The Bertz CT molecular complexity index is 4010. The number of anilines is 5. The SMILES string of the molecule is C.CS(=O)(=O)c1cnc(Br)cn1.CS(=O)(=O)c1cnc(N(Cc2ccc(-c3noc(C(F)(F)F)n3)s2)c2cnccn2)cn1.CS(=O)(=O)c1cnc(Nc2cnccn2)cn1.FC(F)(F)c1nc(-c2ccc(CBr)s2)no1.Nc1cnccn1. The summed E-state index contributed by atoms with van der Waals surface area (Å²) in [6.45, 7) is 0.195. The van der Waals surface area contributed by atoms with E-state index in [4.69, 9.17) is 5.73 Å². The molecule has 0 aromatic carbocycles. The summed E-state index contributed by atoms with van der Waals surface area (Å²) >= 11 is 8.75. The van der Waals surface area contributed by atoms with Crippen molar-refractivity contribution in [3.63, 3.8) is 0 Å². The lowest BCUT2D eigenvalue weighted by molar-refractivity contribution is -0.160. The van der Waals surface area contributed by atoms with Gasteiger partial charge in [-0.3, -0.25) is 15.0 Å². The molecule has 40 heteroatoms. The molecule has 0 spiro atoms. The Kier molecular flexibility index (Phi) is 23.4. The number of hydrogen-bond donors (Lipinski definition) is 2. The van der Waals surface area contributed by atoms with Gasteiger partial charge in [0.15, 0.2) is 56.2 Å². The lowest BCUT2D eigenvalue weighted by Crippen LogP contribution is -2.19. The molecular weight excluding hydrogens is 1360 g/mol. The predicted molar refractivity (Wildman–Crippen MR) is 297 cm³/mol. The number of nitrogens with one attached hydrogen (secondary N) is 1. The maximum absolute atomic E-state index is 12.7. The number of alkyl halides is 7. The van der Waals surface area contributed by atoms with E-state index in [1.807, 2.05) is 0 Å². The lowest BCUT2D eigenvalue weighted by atomic mass is 10.3. The second-order valence-corrected chi connectivity index (χ2v) is 25.0. The fraction of sp³-hybridized carbons (Fsp3) is 0.182. The molecule has 0 atom stereocenters. The van der Waals surface area contributed by atoms with Crippen LogP contribution < -0.4 is 16.0 Å². The average Bonchev–Trinajstić information content (AvgIpc) is 4.49. The minimum Gasteiger partial charge on any atom is -0.382 e. The Balaban J connectivity index is 0.000000210. The number of nitrogens with two attached hydrogens (primary N) is 1. The summed E-state index contributed by atoms with van der Waals surface area (Å²) in [6.07, 6.45) is 15.0. The molecular formula is C44H39Br2F6N19O8S5. The molecule has 10 aromatic heterocycles. The lowest BCUT2D eigenvalue weighted by Gasteiger charge is -2.21. The molecule has 0 fully saturated rings. The first kappa shape index (κ1) is 66.7. The third-order valence-electron chi connectivity index (χ3n) is 9.03. The number of rotatable bonds is 12. The molecule has 0 radical (unpaired) electrons. The molecule has 10 rings (SSSR count). The summed E-state index contributed by atoms with van der Waals surface area (Å²) in [5.74, 6) is -0.897. The highest BCUT2D eigenvalue weighted by Crippen LogP contribution is 2.35. The van der Waals surface area contributed by atoms with E-state index in [0.717, 1.165) is 41.2 Å². The maximum Gasteiger partial charge on any atom is 0.471 e. The van der Waals surface area contributed by atoms with Crippen molar-refractivity contribution in [2.24, 2.45) is 0 Å². The van der Waals surface area contributed by atoms with Crippen molar-refractivity contribution in [2.45, 2.75) is 46.7 Å². The van der Waals surface area contributed by atoms with Crippen LogP contribution in [0.2, 0.25) is 0 Å². The fourth-order valence-electron chi connectivity index (χ4n) is 5.41. The number of nitrogens with zero attached hydrogens (tertiary/aromatic N) is 17. The first-order valence-corrected chi connectivity index (χ1v) is 31.1. The molecule has 444 valence electrons. The van der Waals surface area contributed by atoms with Gasteiger partial charge in [-0.2, -0.15) is 36.3 Å². The summed E-state index contributed by atoms with van der Waals surface area (Å²) in [4.78, 5) is 57.6. The van der Waals surface area contributed by atoms with Crippen LogP contribution in [0.5, 0.6) is 0 Å². The molecule has 27 nitrogen and oxygen atoms in total. The van der Waals surface area contributed by atoms with Crippen molar-refractivity contribution in [3.05, 3.63) is 143 Å². The van der Waals surface area contributed by atoms with Gasteiger partial charge in [0, 0.05) is 71.0 Å². The number of thiophene rings is 2. The quantitative estimate of drug-likeness (QED) is 0.0853. The number of aromatic nitrogens is 16. The van der Waals surface area contributed by atoms with Gasteiger partial charge in [0.25, 0.3) is 0 Å². The highest BCUT2D eigenvalue weighted by Gasteiger charge is 2.39. The van der Waals surface area contributed by atoms with Gasteiger partial charge < -0.3 is 25.0 Å². The van der Waals surface area contributed by atoms with E-state index >= 15 is 0 Å². The van der Waals surface area contributed by atoms with Crippen LogP contribution >= 0.6 is 54.5 Å². The summed E-state index contributed by atoms with van der Waals surface area (Å²) < 4.78 is 151. The van der Waals surface area contributed by atoms with Gasteiger partial charge in [0.1, 0.15) is 22.1 Å². The Morgan fingerprint density at radius 1 is 0.548 bits per heavy atom. The van der Waals surface area contributed by atoms with E-state index in [1.165, 1.54) is 79.5 Å². The van der Waals surface area contributed by atoms with E-state index in [-0.39, 0.29) is 40.7 Å². The third-order valence-corrected chi connectivity index (χ3v) is 15.5. The number of nitrogen functional groups attached to an aromatic ring is 1. The second-order valence-electron chi connectivity index (χ2n) is 15.4. The van der Waals surface area contributed by atoms with Crippen molar-refractivity contribution in [1.29, 1.82) is 0 Å². The first-order valence-electron chi connectivity index (χ1n) is 21.9. The average molecular weight is 1400 g/mol. The van der Waals surface area contributed by atoms with Crippen molar-refractivity contribution < 1.29 is 60.6 Å². The summed E-state index contributed by atoms with van der Waals surface area (Å²) in [5, 5.41) is 9.89. The number of halogens is 8. The van der Waals surface area contributed by atoms with E-state index in [0.29, 0.717) is 53.7 Å². The van der Waals surface area contributed by atoms with Crippen LogP contribution in [0, 0.1) is 0 Å². The molecule has 0 aliphatic rings. The smallest absolute Gasteiger partial charge is 0.382 e. The highest BCUT2D eigenvalue weighted by atomic mass is 79.9. The Hall–Kier alpha value is -8.05. The van der Waals surface area contributed by atoms with Gasteiger partial charge in [0.2, 0.25) is 11.6 Å². The van der Waals surface area contributed by atoms with Crippen molar-refractivity contribution >= 4 is 113 Å². The maximum atomic E-state index is 12.7. The zero-order valence-electron chi connectivity index (χ0n) is 41.9. The van der Waals surface area contributed by atoms with Gasteiger partial charge >= 0.3 is 24.1 Å². The summed E-state index contributed by atoms with van der Waals surface area (Å²) in [7, 11) is -10.1. The fourth-order valence-corrected chi connectivity index (χ4v) is 9.31. The van der Waals surface area contributed by atoms with Crippen molar-refractivity contribution in [2.75, 3.05) is 34.7 Å². The van der Waals surface area contributed by atoms with Gasteiger partial charge in [-0.05, 0) is 40.2 Å². The molecule has 0 saturated heterocycles. The normalized spacial score (nSPS) is 11.4. The molecule has 0 aliphatic heterocycles. The minimum absolute atomic E-state index is 0. The van der Waals surface area contributed by atoms with Gasteiger partial charge in [-0.15, -0.1) is 22.7 Å². The Morgan fingerprint density at radius 3 is 1.39 bits per heavy atom. The minimum atomic E-state index is -4.73. The van der Waals surface area contributed by atoms with Crippen LogP contribution in [0.4, 0.5) is 55.4 Å². The number of sulfone groups is 3. The van der Waals surface area contributed by atoms with E-state index in [9.17, 15) is 51.6 Å². The summed E-state index contributed by atoms with van der Waals surface area (Å²) in [5.41, 5.74) is 5.18. The van der Waals surface area contributed by atoms with E-state index in [2.05, 4.69) is 126 Å². The van der Waals surface area contributed by atoms with Crippen molar-refractivity contribution in [3.8, 4) is 21.4 Å². The summed E-state index contributed by atoms with van der Waals surface area (Å²) in [6, 6.07) is 6.70. The Morgan fingerprint density at radius 2 is 1.01 bits per heavy atom. The molecule has 0 unspecified atom stereocenters. The highest BCUT2D eigenvalue weighted by molar-refractivity contribution is 9.10. The largest absolute Gasteiger partial charge is 0.471 e. The Labute approximate surface area is 496 Å². The molecule has 3 N–H and O–H groups in total. The van der Waals surface area contributed by atoms with Crippen LogP contribution in [-0.2, 0) is 53.7 Å². The second kappa shape index (κ2) is 29.5. The third kappa shape index (κ3) is 20.7. The van der Waals surface area contributed by atoms with Crippen LogP contribution in [-0.4, -0.2) is 124 Å². The van der Waals surface area contributed by atoms with Crippen LogP contribution in [0.1, 0.15) is 29.0 Å². The van der Waals surface area contributed by atoms with Gasteiger partial charge in [0.05, 0.1) is 72.1 Å². The van der Waals surface area contributed by atoms with Crippen LogP contribution in [0.25, 0.3) is 21.4 Å². The monoisotopic (exact) mass is 1390 g/mol. The molecule has 0 aliphatic carbocycles. The molecule has 10 heterocycles. The zero-order chi connectivity index (χ0) is 60.6. The van der Waals surface area contributed by atoms with Crippen LogP contribution in [0.3, 0.4) is 0 Å². The molecule has 0 amide bonds. The predicted octanol–water partition coefficient (Wildman–Crippen LogP) is 8.60. The topological polar surface area (TPSA) is 376 Å². The first-order chi connectivity index (χ1) is 39.1. The van der Waals surface area contributed by atoms with E-state index < -0.39 is 53.6 Å². The van der Waals surface area contributed by atoms with Crippen molar-refractivity contribution in [1.82, 2.24) is 80.1 Å². The molecule has 0 bridgehead atoms. The van der Waals surface area contributed by atoms with E-state index in [1.54, 1.807) is 47.8 Å². The number of hydrogen-bond acceptors (Lipinski definition) is 29. The molecule has 0 saturated carbocycles. The standard InChI is InChI=1S/C17H12F3N7O3S2.C9H9N5O2S.C8H4BrF3N2OS.C5H5BrN2O2S.C4H5N3.CH4/c1-32(28,29)14-8-23-13(7-24-14)27(12-6-21-4-5-22-12)9-10-2-3-11(31-10)15-25-16(30-26-15)17(18,19)20;1-17(15,16)9-6-12-8(5-13-9)14-7-4-10-2-3-11-7;9-3-4-1-2-5(16-4)6-13-7(15-14-6)8(10,11)12;1-11(9,10)5-3-7-4(6)2-8-5;5-4-3-6-1-2-7-4;/h2-8H,9H2,1H3;2-6H,1H3,(H,11,12,14);1-2H,3H2;2-3H,1H3;1-3H,(H2,5,7);1H4. The van der Waals surface area contributed by atoms with Gasteiger partial charge in [-0.25, -0.2) is 70.1 Å². The molecule has 10 aromatic rings. The van der Waals surface area contributed by atoms with Gasteiger partial charge in [-0.1, -0.05) is 33.7 Å². The zero-order valence-corrected chi connectivity index (χ0v) is 49.1. The molecule has 84 heavy (non-hydrogen) atoms. The van der Waals surface area contributed by atoms with Crippen LogP contribution in [0.15, 0.2) is 146 Å².